The van der Waals surface area contributed by atoms with Crippen LogP contribution in [0.15, 0.2) is 24.5 Å². The molecule has 1 amide bonds. The third-order valence-electron chi connectivity index (χ3n) is 5.55. The van der Waals surface area contributed by atoms with Gasteiger partial charge >= 0.3 is 0 Å². The Labute approximate surface area is 166 Å². The second-order valence-electron chi connectivity index (χ2n) is 7.08. The maximum absolute atomic E-state index is 12.5. The Hall–Kier alpha value is -2.72. The lowest BCUT2D eigenvalue weighted by Crippen LogP contribution is -2.42. The molecule has 1 aliphatic heterocycles. The Bertz CT molecular complexity index is 850. The number of nitrogens with zero attached hydrogens (tertiary/aromatic N) is 5. The number of carbonyl (C=O) groups is 1. The third-order valence-corrected chi connectivity index (χ3v) is 5.55. The molecule has 0 bridgehead atoms. The largest absolute Gasteiger partial charge is 0.370 e. The van der Waals surface area contributed by atoms with Crippen molar-refractivity contribution in [2.75, 3.05) is 44.2 Å². The first-order valence-corrected chi connectivity index (χ1v) is 10.1. The summed E-state index contributed by atoms with van der Waals surface area (Å²) < 4.78 is 0. The molecule has 1 N–H and O–H groups in total. The van der Waals surface area contributed by atoms with E-state index in [-0.39, 0.29) is 11.8 Å². The van der Waals surface area contributed by atoms with Crippen LogP contribution in [0.2, 0.25) is 0 Å². The van der Waals surface area contributed by atoms with Gasteiger partial charge in [0.2, 0.25) is 5.91 Å². The molecule has 2 aromatic rings. The summed E-state index contributed by atoms with van der Waals surface area (Å²) >= 11 is 0. The van der Waals surface area contributed by atoms with Crippen molar-refractivity contribution >= 4 is 22.6 Å². The Kier molecular flexibility index (Phi) is 6.77. The van der Waals surface area contributed by atoms with E-state index in [4.69, 9.17) is 0 Å². The van der Waals surface area contributed by atoms with Gasteiger partial charge in [-0.15, -0.1) is 0 Å². The van der Waals surface area contributed by atoms with Gasteiger partial charge in [0, 0.05) is 44.5 Å². The van der Waals surface area contributed by atoms with Crippen LogP contribution in [0.25, 0.3) is 11.0 Å². The smallest absolute Gasteiger partial charge is 0.223 e. The van der Waals surface area contributed by atoms with Crippen molar-refractivity contribution in [2.45, 2.75) is 26.7 Å². The first-order valence-electron chi connectivity index (χ1n) is 10.1. The number of nitriles is 1. The fourth-order valence-electron chi connectivity index (χ4n) is 3.79. The molecule has 3 rings (SSSR count). The van der Waals surface area contributed by atoms with E-state index in [0.717, 1.165) is 56.8 Å². The van der Waals surface area contributed by atoms with Crippen LogP contribution in [0.1, 0.15) is 32.3 Å². The first kappa shape index (κ1) is 20.0. The van der Waals surface area contributed by atoms with Crippen LogP contribution in [0.5, 0.6) is 0 Å². The molecule has 0 spiro atoms. The number of hydrogen-bond acceptors (Lipinski definition) is 6. The lowest BCUT2D eigenvalue weighted by molar-refractivity contribution is -0.125. The van der Waals surface area contributed by atoms with Crippen molar-refractivity contribution in [3.8, 4) is 6.07 Å². The lowest BCUT2D eigenvalue weighted by Gasteiger charge is -2.33. The van der Waals surface area contributed by atoms with Gasteiger partial charge in [0.15, 0.2) is 0 Å². The first-order chi connectivity index (χ1) is 13.7. The summed E-state index contributed by atoms with van der Waals surface area (Å²) in [4.78, 5) is 25.8. The van der Waals surface area contributed by atoms with Crippen LogP contribution < -0.4 is 10.2 Å². The van der Waals surface area contributed by atoms with Crippen LogP contribution in [0.3, 0.4) is 0 Å². The van der Waals surface area contributed by atoms with Crippen molar-refractivity contribution in [3.05, 3.63) is 30.1 Å². The number of carbonyl (C=O) groups excluding carboxylic acids is 1. The monoisotopic (exact) mass is 380 g/mol. The van der Waals surface area contributed by atoms with Gasteiger partial charge in [-0.1, -0.05) is 13.8 Å². The Balaban J connectivity index is 1.59. The van der Waals surface area contributed by atoms with Crippen LogP contribution in [-0.4, -0.2) is 60.0 Å². The number of rotatable bonds is 7. The van der Waals surface area contributed by atoms with Gasteiger partial charge in [0.05, 0.1) is 11.3 Å². The number of amides is 1. The summed E-state index contributed by atoms with van der Waals surface area (Å²) in [7, 11) is 0. The van der Waals surface area contributed by atoms with Crippen LogP contribution in [0, 0.1) is 17.2 Å². The highest BCUT2D eigenvalue weighted by Crippen LogP contribution is 2.29. The number of fused-ring (bicyclic) bond motifs is 1. The quantitative estimate of drug-likeness (QED) is 0.792. The average Bonchev–Trinajstić information content (AvgIpc) is 2.76. The van der Waals surface area contributed by atoms with Crippen molar-refractivity contribution < 1.29 is 4.79 Å². The summed E-state index contributed by atoms with van der Waals surface area (Å²) in [6, 6.07) is 5.93. The molecule has 1 saturated heterocycles. The second kappa shape index (κ2) is 9.47. The minimum absolute atomic E-state index is 0.0590. The fourth-order valence-corrected chi connectivity index (χ4v) is 3.79. The minimum atomic E-state index is 0.0590. The molecule has 28 heavy (non-hydrogen) atoms. The number of benzene rings is 1. The predicted molar refractivity (Wildman–Crippen MR) is 110 cm³/mol. The zero-order valence-corrected chi connectivity index (χ0v) is 16.7. The minimum Gasteiger partial charge on any atom is -0.370 e. The number of anilines is 1. The number of piperidine rings is 1. The van der Waals surface area contributed by atoms with Crippen molar-refractivity contribution in [1.82, 2.24) is 20.2 Å². The Morgan fingerprint density at radius 2 is 1.89 bits per heavy atom. The SMILES string of the molecule is CCN(CC)CCNC(=O)C1CCN(c2ccc(C#N)c3nccnc23)CC1. The number of nitrogens with one attached hydrogen (secondary N) is 1. The zero-order chi connectivity index (χ0) is 19.9. The maximum atomic E-state index is 12.5. The van der Waals surface area contributed by atoms with E-state index in [1.54, 1.807) is 18.5 Å². The molecule has 0 unspecified atom stereocenters. The highest BCUT2D eigenvalue weighted by Gasteiger charge is 2.26. The van der Waals surface area contributed by atoms with Crippen molar-refractivity contribution in [1.29, 1.82) is 5.26 Å². The second-order valence-corrected chi connectivity index (χ2v) is 7.08. The normalized spacial score (nSPS) is 15.0. The molecule has 7 nitrogen and oxygen atoms in total. The van der Waals surface area contributed by atoms with Gasteiger partial charge in [-0.25, -0.2) is 0 Å². The fraction of sp³-hybridized carbons (Fsp3) is 0.524. The van der Waals surface area contributed by atoms with E-state index in [1.165, 1.54) is 0 Å². The molecule has 0 saturated carbocycles. The van der Waals surface area contributed by atoms with Gasteiger partial charge in [0.1, 0.15) is 17.1 Å². The molecule has 1 fully saturated rings. The van der Waals surface area contributed by atoms with Crippen LogP contribution in [-0.2, 0) is 4.79 Å². The molecule has 148 valence electrons. The standard InChI is InChI=1S/C21H28N6O/c1-3-26(4-2)14-11-25-21(28)16-7-12-27(13-8-16)18-6-5-17(15-22)19-20(18)24-10-9-23-19/h5-6,9-10,16H,3-4,7-8,11-14H2,1-2H3,(H,25,28). The van der Waals surface area contributed by atoms with Gasteiger partial charge in [-0.2, -0.15) is 5.26 Å². The molecule has 1 aromatic carbocycles. The summed E-state index contributed by atoms with van der Waals surface area (Å²) in [5.41, 5.74) is 2.92. The van der Waals surface area contributed by atoms with E-state index in [1.807, 2.05) is 6.07 Å². The topological polar surface area (TPSA) is 85.2 Å². The average molecular weight is 380 g/mol. The Morgan fingerprint density at radius 3 is 2.54 bits per heavy atom. The molecule has 2 heterocycles. The molecular formula is C21H28N6O. The molecule has 1 aliphatic rings. The number of likely N-dealkylation sites (N-methyl/N-ethyl adjacent to an activating group) is 1. The van der Waals surface area contributed by atoms with Crippen LogP contribution in [0.4, 0.5) is 5.69 Å². The van der Waals surface area contributed by atoms with E-state index < -0.39 is 0 Å². The molecule has 1 aromatic heterocycles. The van der Waals surface area contributed by atoms with E-state index in [0.29, 0.717) is 17.6 Å². The predicted octanol–water partition coefficient (Wildman–Crippen LogP) is 2.18. The van der Waals surface area contributed by atoms with Gasteiger partial charge in [0.25, 0.3) is 0 Å². The molecule has 0 radical (unpaired) electrons. The lowest BCUT2D eigenvalue weighted by atomic mass is 9.95. The Morgan fingerprint density at radius 1 is 1.21 bits per heavy atom. The third kappa shape index (κ3) is 4.39. The molecule has 0 aliphatic carbocycles. The summed E-state index contributed by atoms with van der Waals surface area (Å²) in [5.74, 6) is 0.222. The highest BCUT2D eigenvalue weighted by atomic mass is 16.1. The van der Waals surface area contributed by atoms with Crippen molar-refractivity contribution in [3.63, 3.8) is 0 Å². The van der Waals surface area contributed by atoms with E-state index in [9.17, 15) is 10.1 Å². The van der Waals surface area contributed by atoms with Gasteiger partial charge < -0.3 is 15.1 Å². The van der Waals surface area contributed by atoms with E-state index in [2.05, 4.69) is 45.0 Å². The molecular weight excluding hydrogens is 352 g/mol. The maximum Gasteiger partial charge on any atom is 0.223 e. The summed E-state index contributed by atoms with van der Waals surface area (Å²) in [6.07, 6.45) is 4.91. The molecule has 0 atom stereocenters. The number of aromatic nitrogens is 2. The van der Waals surface area contributed by atoms with Crippen molar-refractivity contribution in [2.24, 2.45) is 5.92 Å². The van der Waals surface area contributed by atoms with E-state index >= 15 is 0 Å². The molecule has 7 heteroatoms. The van der Waals surface area contributed by atoms with Gasteiger partial charge in [-0.3, -0.25) is 14.8 Å². The number of hydrogen-bond donors (Lipinski definition) is 1. The zero-order valence-electron chi connectivity index (χ0n) is 16.7. The van der Waals surface area contributed by atoms with Crippen LogP contribution >= 0.6 is 0 Å². The summed E-state index contributed by atoms with van der Waals surface area (Å²) in [5, 5.41) is 12.4. The van der Waals surface area contributed by atoms with Gasteiger partial charge in [-0.05, 0) is 38.1 Å². The highest BCUT2D eigenvalue weighted by molar-refractivity contribution is 5.92. The summed E-state index contributed by atoms with van der Waals surface area (Å²) in [6.45, 7) is 9.48.